The molecule has 1 atom stereocenters. The molecule has 0 unspecified atom stereocenters. The van der Waals surface area contributed by atoms with E-state index in [0.717, 1.165) is 18.8 Å². The van der Waals surface area contributed by atoms with Crippen molar-refractivity contribution in [2.45, 2.75) is 13.0 Å². The molecule has 2 saturated heterocycles. The summed E-state index contributed by atoms with van der Waals surface area (Å²) in [6.45, 7) is 5.07. The standard InChI is InChI=1S/C16H20ClN3O4/c1-11(21)18-9-13-10-20(16(22)24-13)12-2-3-15(14(17)8-12)19-4-6-23-7-5-19/h2-3,8,13H,4-7,9-10H2,1H3,(H,18,21)/t13-/m0/s1. The molecule has 2 aliphatic heterocycles. The smallest absolute Gasteiger partial charge is 0.414 e. The number of nitrogens with one attached hydrogen (secondary N) is 1. The first kappa shape index (κ1) is 16.9. The van der Waals surface area contributed by atoms with E-state index in [0.29, 0.717) is 37.0 Å². The van der Waals surface area contributed by atoms with Crippen LogP contribution in [0.3, 0.4) is 0 Å². The first-order valence-corrected chi connectivity index (χ1v) is 8.27. The van der Waals surface area contributed by atoms with E-state index in [4.69, 9.17) is 21.1 Å². The van der Waals surface area contributed by atoms with Gasteiger partial charge >= 0.3 is 6.09 Å². The highest BCUT2D eigenvalue weighted by molar-refractivity contribution is 6.33. The van der Waals surface area contributed by atoms with Crippen LogP contribution < -0.4 is 15.1 Å². The molecule has 130 valence electrons. The zero-order chi connectivity index (χ0) is 17.1. The van der Waals surface area contributed by atoms with Gasteiger partial charge in [0.05, 0.1) is 37.0 Å². The summed E-state index contributed by atoms with van der Waals surface area (Å²) in [5.74, 6) is -0.151. The first-order chi connectivity index (χ1) is 11.5. The van der Waals surface area contributed by atoms with Gasteiger partial charge in [0, 0.05) is 25.7 Å². The molecule has 24 heavy (non-hydrogen) atoms. The minimum Gasteiger partial charge on any atom is -0.442 e. The summed E-state index contributed by atoms with van der Waals surface area (Å²) in [6, 6.07) is 5.55. The first-order valence-electron chi connectivity index (χ1n) is 7.89. The predicted octanol–water partition coefficient (Wildman–Crippen LogP) is 1.64. The van der Waals surface area contributed by atoms with E-state index in [2.05, 4.69) is 10.2 Å². The molecule has 2 aliphatic rings. The van der Waals surface area contributed by atoms with E-state index in [1.807, 2.05) is 12.1 Å². The highest BCUT2D eigenvalue weighted by atomic mass is 35.5. The number of anilines is 2. The predicted molar refractivity (Wildman–Crippen MR) is 90.8 cm³/mol. The van der Waals surface area contributed by atoms with Gasteiger partial charge < -0.3 is 19.7 Å². The molecule has 1 aromatic rings. The van der Waals surface area contributed by atoms with E-state index >= 15 is 0 Å². The highest BCUT2D eigenvalue weighted by Gasteiger charge is 2.32. The summed E-state index contributed by atoms with van der Waals surface area (Å²) >= 11 is 6.41. The Morgan fingerprint density at radius 3 is 2.79 bits per heavy atom. The molecule has 2 fully saturated rings. The summed E-state index contributed by atoms with van der Waals surface area (Å²) in [7, 11) is 0. The van der Waals surface area contributed by atoms with Crippen molar-refractivity contribution in [2.75, 3.05) is 49.2 Å². The Bertz CT molecular complexity index is 634. The zero-order valence-electron chi connectivity index (χ0n) is 13.5. The zero-order valence-corrected chi connectivity index (χ0v) is 14.2. The number of morpholine rings is 1. The van der Waals surface area contributed by atoms with Gasteiger partial charge in [0.1, 0.15) is 6.10 Å². The largest absolute Gasteiger partial charge is 0.442 e. The SMILES string of the molecule is CC(=O)NC[C@H]1CN(c2ccc(N3CCOCC3)c(Cl)c2)C(=O)O1. The van der Waals surface area contributed by atoms with Crippen molar-refractivity contribution >= 4 is 35.0 Å². The maximum atomic E-state index is 12.0. The molecule has 0 saturated carbocycles. The van der Waals surface area contributed by atoms with Crippen molar-refractivity contribution in [3.05, 3.63) is 23.2 Å². The fourth-order valence-electron chi connectivity index (χ4n) is 2.82. The number of amides is 2. The van der Waals surface area contributed by atoms with Gasteiger partial charge in [-0.2, -0.15) is 0 Å². The van der Waals surface area contributed by atoms with Gasteiger partial charge in [-0.15, -0.1) is 0 Å². The van der Waals surface area contributed by atoms with Crippen LogP contribution in [0, 0.1) is 0 Å². The topological polar surface area (TPSA) is 71.1 Å². The van der Waals surface area contributed by atoms with Crippen molar-refractivity contribution in [3.63, 3.8) is 0 Å². The monoisotopic (exact) mass is 353 g/mol. The minimum atomic E-state index is -0.430. The molecule has 2 heterocycles. The second-order valence-electron chi connectivity index (χ2n) is 5.79. The third-order valence-corrected chi connectivity index (χ3v) is 4.35. The quantitative estimate of drug-likeness (QED) is 0.891. The second kappa shape index (κ2) is 7.27. The third kappa shape index (κ3) is 3.73. The summed E-state index contributed by atoms with van der Waals surface area (Å²) in [5.41, 5.74) is 1.62. The van der Waals surface area contributed by atoms with Crippen molar-refractivity contribution < 1.29 is 19.1 Å². The second-order valence-corrected chi connectivity index (χ2v) is 6.20. The summed E-state index contributed by atoms with van der Waals surface area (Å²) in [4.78, 5) is 26.7. The molecule has 1 aromatic carbocycles. The van der Waals surface area contributed by atoms with Gasteiger partial charge in [0.15, 0.2) is 0 Å². The Labute approximate surface area is 145 Å². The van der Waals surface area contributed by atoms with Gasteiger partial charge in [0.25, 0.3) is 0 Å². The van der Waals surface area contributed by atoms with Crippen LogP contribution in [0.15, 0.2) is 18.2 Å². The summed E-state index contributed by atoms with van der Waals surface area (Å²) in [5, 5.41) is 3.25. The Morgan fingerprint density at radius 1 is 1.38 bits per heavy atom. The van der Waals surface area contributed by atoms with E-state index < -0.39 is 6.09 Å². The number of benzene rings is 1. The van der Waals surface area contributed by atoms with Gasteiger partial charge in [-0.1, -0.05) is 11.6 Å². The van der Waals surface area contributed by atoms with Crippen LogP contribution in [0.1, 0.15) is 6.92 Å². The molecule has 0 aliphatic carbocycles. The van der Waals surface area contributed by atoms with E-state index in [-0.39, 0.29) is 12.0 Å². The van der Waals surface area contributed by atoms with Crippen molar-refractivity contribution in [2.24, 2.45) is 0 Å². The molecule has 2 amide bonds. The molecule has 3 rings (SSSR count). The number of cyclic esters (lactones) is 1. The molecular formula is C16H20ClN3O4. The fourth-order valence-corrected chi connectivity index (χ4v) is 3.11. The molecular weight excluding hydrogens is 334 g/mol. The highest BCUT2D eigenvalue weighted by Crippen LogP contribution is 2.32. The normalized spacial score (nSPS) is 20.9. The lowest BCUT2D eigenvalue weighted by molar-refractivity contribution is -0.119. The lowest BCUT2D eigenvalue weighted by Crippen LogP contribution is -2.36. The van der Waals surface area contributed by atoms with Crippen LogP contribution in [0.25, 0.3) is 0 Å². The summed E-state index contributed by atoms with van der Waals surface area (Å²) in [6.07, 6.45) is -0.792. The third-order valence-electron chi connectivity index (χ3n) is 4.05. The number of nitrogens with zero attached hydrogens (tertiary/aromatic N) is 2. The number of hydrogen-bond donors (Lipinski definition) is 1. The van der Waals surface area contributed by atoms with Crippen LogP contribution in [-0.4, -0.2) is 57.5 Å². The number of rotatable bonds is 4. The van der Waals surface area contributed by atoms with Crippen LogP contribution >= 0.6 is 11.6 Å². The van der Waals surface area contributed by atoms with E-state index in [9.17, 15) is 9.59 Å². The lowest BCUT2D eigenvalue weighted by atomic mass is 10.2. The maximum absolute atomic E-state index is 12.0. The molecule has 0 radical (unpaired) electrons. The van der Waals surface area contributed by atoms with Gasteiger partial charge in [-0.05, 0) is 18.2 Å². The van der Waals surface area contributed by atoms with Crippen molar-refractivity contribution in [1.29, 1.82) is 0 Å². The van der Waals surface area contributed by atoms with Gasteiger partial charge in [0.2, 0.25) is 5.91 Å². The van der Waals surface area contributed by atoms with Crippen LogP contribution in [0.4, 0.5) is 16.2 Å². The molecule has 0 spiro atoms. The Balaban J connectivity index is 1.69. The number of carbonyl (C=O) groups excluding carboxylic acids is 2. The maximum Gasteiger partial charge on any atom is 0.414 e. The minimum absolute atomic E-state index is 0.151. The van der Waals surface area contributed by atoms with E-state index in [1.54, 1.807) is 6.07 Å². The summed E-state index contributed by atoms with van der Waals surface area (Å²) < 4.78 is 10.6. The van der Waals surface area contributed by atoms with Crippen LogP contribution in [0.5, 0.6) is 0 Å². The molecule has 1 N–H and O–H groups in total. The lowest BCUT2D eigenvalue weighted by Gasteiger charge is -2.30. The molecule has 0 aromatic heterocycles. The molecule has 7 nitrogen and oxygen atoms in total. The Morgan fingerprint density at radius 2 is 2.12 bits per heavy atom. The van der Waals surface area contributed by atoms with Gasteiger partial charge in [-0.25, -0.2) is 4.79 Å². The average Bonchev–Trinajstić information content (AvgIpc) is 2.94. The van der Waals surface area contributed by atoms with E-state index in [1.165, 1.54) is 11.8 Å². The Kier molecular flexibility index (Phi) is 5.11. The molecule has 8 heteroatoms. The van der Waals surface area contributed by atoms with Gasteiger partial charge in [-0.3, -0.25) is 9.69 Å². The fraction of sp³-hybridized carbons (Fsp3) is 0.500. The van der Waals surface area contributed by atoms with Crippen molar-refractivity contribution in [1.82, 2.24) is 5.32 Å². The molecule has 0 bridgehead atoms. The number of ether oxygens (including phenoxy) is 2. The van der Waals surface area contributed by atoms with Crippen LogP contribution in [-0.2, 0) is 14.3 Å². The number of carbonyl (C=O) groups is 2. The average molecular weight is 354 g/mol. The Hall–Kier alpha value is -1.99. The number of halogens is 1. The van der Waals surface area contributed by atoms with Crippen LogP contribution in [0.2, 0.25) is 5.02 Å². The number of hydrogen-bond acceptors (Lipinski definition) is 5. The van der Waals surface area contributed by atoms with Crippen molar-refractivity contribution in [3.8, 4) is 0 Å².